The molecule has 22 heavy (non-hydrogen) atoms. The molecule has 0 N–H and O–H groups in total. The lowest BCUT2D eigenvalue weighted by atomic mass is 9.67. The number of hydrogen-bond acceptors (Lipinski definition) is 2. The molecule has 0 unspecified atom stereocenters. The number of rotatable bonds is 6. The first-order valence-corrected chi connectivity index (χ1v) is 8.09. The fraction of sp³-hybridized carbons (Fsp3) is 0.450. The van der Waals surface area contributed by atoms with Crippen LogP contribution in [0.15, 0.2) is 42.5 Å². The predicted molar refractivity (Wildman–Crippen MR) is 93.9 cm³/mol. The van der Waals surface area contributed by atoms with E-state index in [-0.39, 0.29) is 0 Å². The Labute approximate surface area is 134 Å². The fourth-order valence-corrected chi connectivity index (χ4v) is 3.24. The summed E-state index contributed by atoms with van der Waals surface area (Å²) in [5, 5.41) is 12.6. The van der Waals surface area contributed by atoms with Gasteiger partial charge in [-0.3, -0.25) is 0 Å². The molecule has 2 atom stereocenters. The number of nitrogens with zero attached hydrogens (tertiary/aromatic N) is 2. The van der Waals surface area contributed by atoms with Gasteiger partial charge in [0.05, 0.1) is 11.5 Å². The van der Waals surface area contributed by atoms with E-state index in [1.54, 1.807) is 0 Å². The van der Waals surface area contributed by atoms with Crippen LogP contribution in [0.3, 0.4) is 0 Å². The van der Waals surface area contributed by atoms with Gasteiger partial charge in [0.15, 0.2) is 0 Å². The molecule has 0 heterocycles. The Morgan fingerprint density at radius 1 is 1.14 bits per heavy atom. The van der Waals surface area contributed by atoms with Gasteiger partial charge >= 0.3 is 0 Å². The summed E-state index contributed by atoms with van der Waals surface area (Å²) >= 11 is 0. The summed E-state index contributed by atoms with van der Waals surface area (Å²) in [6, 6.07) is 17.5. The van der Waals surface area contributed by atoms with E-state index in [1.165, 1.54) is 16.3 Å². The minimum atomic E-state index is -0.431. The van der Waals surface area contributed by atoms with Gasteiger partial charge in [-0.15, -0.1) is 0 Å². The number of benzene rings is 2. The van der Waals surface area contributed by atoms with Crippen LogP contribution in [0.4, 0.5) is 0 Å². The molecule has 0 aliphatic heterocycles. The van der Waals surface area contributed by atoms with Gasteiger partial charge in [0.2, 0.25) is 0 Å². The Kier molecular flexibility index (Phi) is 5.21. The van der Waals surface area contributed by atoms with Crippen molar-refractivity contribution in [3.8, 4) is 6.07 Å². The molecular weight excluding hydrogens is 268 g/mol. The summed E-state index contributed by atoms with van der Waals surface area (Å²) in [5.74, 6) is 0.322. The Hall–Kier alpha value is -1.85. The monoisotopic (exact) mass is 294 g/mol. The highest BCUT2D eigenvalue weighted by atomic mass is 15.0. The largest absolute Gasteiger partial charge is 0.309 e. The quantitative estimate of drug-likeness (QED) is 0.778. The second-order valence-corrected chi connectivity index (χ2v) is 6.47. The van der Waals surface area contributed by atoms with Crippen molar-refractivity contribution in [1.29, 1.82) is 5.26 Å². The molecule has 2 rings (SSSR count). The average Bonchev–Trinajstić information content (AvgIpc) is 2.55. The molecule has 0 radical (unpaired) electrons. The Bertz CT molecular complexity index is 663. The SMILES string of the molecule is CC[C@H](C)[C@](C#N)(CCN(C)C)c1cccc2ccccc12. The molecule has 0 aromatic heterocycles. The highest BCUT2D eigenvalue weighted by molar-refractivity contribution is 5.87. The molecule has 0 saturated heterocycles. The zero-order valence-corrected chi connectivity index (χ0v) is 14.1. The third-order valence-electron chi connectivity index (χ3n) is 4.88. The molecule has 0 aliphatic carbocycles. The first-order chi connectivity index (χ1) is 10.5. The lowest BCUT2D eigenvalue weighted by Crippen LogP contribution is -2.35. The zero-order valence-electron chi connectivity index (χ0n) is 14.1. The van der Waals surface area contributed by atoms with Gasteiger partial charge in [0.1, 0.15) is 0 Å². The van der Waals surface area contributed by atoms with E-state index >= 15 is 0 Å². The van der Waals surface area contributed by atoms with Crippen LogP contribution in [0.25, 0.3) is 10.8 Å². The van der Waals surface area contributed by atoms with Crippen LogP contribution in [0, 0.1) is 17.2 Å². The number of nitriles is 1. The predicted octanol–water partition coefficient (Wildman–Crippen LogP) is 4.60. The molecule has 2 aromatic carbocycles. The zero-order chi connectivity index (χ0) is 16.2. The summed E-state index contributed by atoms with van der Waals surface area (Å²) in [6.45, 7) is 5.30. The third-order valence-corrected chi connectivity index (χ3v) is 4.88. The van der Waals surface area contributed by atoms with Crippen molar-refractivity contribution in [2.45, 2.75) is 32.1 Å². The summed E-state index contributed by atoms with van der Waals surface area (Å²) in [7, 11) is 4.14. The van der Waals surface area contributed by atoms with Gasteiger partial charge in [-0.2, -0.15) is 5.26 Å². The highest BCUT2D eigenvalue weighted by Gasteiger charge is 2.38. The molecule has 0 spiro atoms. The Balaban J connectivity index is 2.63. The lowest BCUT2D eigenvalue weighted by Gasteiger charge is -2.35. The van der Waals surface area contributed by atoms with E-state index in [9.17, 15) is 5.26 Å². The van der Waals surface area contributed by atoms with E-state index < -0.39 is 5.41 Å². The fourth-order valence-electron chi connectivity index (χ4n) is 3.24. The van der Waals surface area contributed by atoms with Gasteiger partial charge in [0, 0.05) is 0 Å². The van der Waals surface area contributed by atoms with E-state index in [2.05, 4.69) is 81.4 Å². The summed E-state index contributed by atoms with van der Waals surface area (Å²) in [5.41, 5.74) is 0.754. The van der Waals surface area contributed by atoms with Gasteiger partial charge in [-0.05, 0) is 49.3 Å². The third kappa shape index (κ3) is 3.00. The molecule has 0 aliphatic rings. The van der Waals surface area contributed by atoms with Crippen molar-refractivity contribution in [1.82, 2.24) is 4.90 Å². The number of fused-ring (bicyclic) bond motifs is 1. The molecule has 2 aromatic rings. The van der Waals surface area contributed by atoms with E-state index in [0.717, 1.165) is 19.4 Å². The first-order valence-electron chi connectivity index (χ1n) is 8.09. The smallest absolute Gasteiger partial charge is 0.0865 e. The van der Waals surface area contributed by atoms with Gasteiger partial charge in [0.25, 0.3) is 0 Å². The summed E-state index contributed by atoms with van der Waals surface area (Å²) < 4.78 is 0. The average molecular weight is 294 g/mol. The van der Waals surface area contributed by atoms with Gasteiger partial charge < -0.3 is 4.90 Å². The maximum Gasteiger partial charge on any atom is 0.0865 e. The van der Waals surface area contributed by atoms with E-state index in [0.29, 0.717) is 5.92 Å². The van der Waals surface area contributed by atoms with Gasteiger partial charge in [-0.1, -0.05) is 62.7 Å². The van der Waals surface area contributed by atoms with Crippen molar-refractivity contribution < 1.29 is 0 Å². The Morgan fingerprint density at radius 3 is 2.45 bits per heavy atom. The summed E-state index contributed by atoms with van der Waals surface area (Å²) in [4.78, 5) is 2.17. The normalized spacial score (nSPS) is 15.5. The lowest BCUT2D eigenvalue weighted by molar-refractivity contribution is 0.286. The van der Waals surface area contributed by atoms with Crippen molar-refractivity contribution in [3.05, 3.63) is 48.0 Å². The molecule has 116 valence electrons. The highest BCUT2D eigenvalue weighted by Crippen LogP contribution is 2.40. The molecule has 0 bridgehead atoms. The molecule has 0 fully saturated rings. The second-order valence-electron chi connectivity index (χ2n) is 6.47. The standard InChI is InChI=1S/C20H26N2/c1-5-16(2)20(15-21,13-14-22(3)4)19-12-8-10-17-9-6-7-11-18(17)19/h6-12,16H,5,13-14H2,1-4H3/t16-,20+/m0/s1. The Morgan fingerprint density at radius 2 is 1.82 bits per heavy atom. The van der Waals surface area contributed by atoms with Crippen LogP contribution >= 0.6 is 0 Å². The van der Waals surface area contributed by atoms with Crippen LogP contribution in [0.2, 0.25) is 0 Å². The first kappa shape index (κ1) is 16.5. The van der Waals surface area contributed by atoms with Crippen molar-refractivity contribution >= 4 is 10.8 Å². The van der Waals surface area contributed by atoms with Crippen LogP contribution in [0.1, 0.15) is 32.3 Å². The number of hydrogen-bond donors (Lipinski definition) is 0. The minimum absolute atomic E-state index is 0.322. The van der Waals surface area contributed by atoms with Crippen LogP contribution in [0.5, 0.6) is 0 Å². The topological polar surface area (TPSA) is 27.0 Å². The van der Waals surface area contributed by atoms with E-state index in [1.807, 2.05) is 0 Å². The minimum Gasteiger partial charge on any atom is -0.309 e. The van der Waals surface area contributed by atoms with Crippen molar-refractivity contribution in [2.24, 2.45) is 5.92 Å². The van der Waals surface area contributed by atoms with Crippen LogP contribution in [-0.4, -0.2) is 25.5 Å². The van der Waals surface area contributed by atoms with Crippen molar-refractivity contribution in [3.63, 3.8) is 0 Å². The molecular formula is C20H26N2. The van der Waals surface area contributed by atoms with Crippen molar-refractivity contribution in [2.75, 3.05) is 20.6 Å². The second kappa shape index (κ2) is 6.94. The van der Waals surface area contributed by atoms with Gasteiger partial charge in [-0.25, -0.2) is 0 Å². The molecule has 0 amide bonds. The molecule has 2 heteroatoms. The van der Waals surface area contributed by atoms with Crippen LogP contribution < -0.4 is 0 Å². The van der Waals surface area contributed by atoms with Crippen LogP contribution in [-0.2, 0) is 5.41 Å². The maximum absolute atomic E-state index is 10.1. The van der Waals surface area contributed by atoms with E-state index in [4.69, 9.17) is 0 Å². The maximum atomic E-state index is 10.1. The molecule has 2 nitrogen and oxygen atoms in total. The summed E-state index contributed by atoms with van der Waals surface area (Å²) in [6.07, 6.45) is 1.86. The molecule has 0 saturated carbocycles.